The number of nitrogens with zero attached hydrogens (tertiary/aromatic N) is 2. The number of rotatable bonds is 2. The molecule has 0 bridgehead atoms. The van der Waals surface area contributed by atoms with Crippen molar-refractivity contribution in [2.24, 2.45) is 0 Å². The Labute approximate surface area is 103 Å². The molecule has 0 saturated heterocycles. The van der Waals surface area contributed by atoms with Crippen LogP contribution in [-0.4, -0.2) is 22.9 Å². The molecule has 0 N–H and O–H groups in total. The van der Waals surface area contributed by atoms with Crippen molar-refractivity contribution in [1.82, 2.24) is 9.19 Å². The fourth-order valence-electron chi connectivity index (χ4n) is 1.09. The standard InChI is InChI=1S/C7H6Br2N2O3S/c8-5-3-10-11(7(12)6(5)9)15(13,14)4-1-2-4/h3-4H,1-2H2. The van der Waals surface area contributed by atoms with Gasteiger partial charge in [0.1, 0.15) is 4.47 Å². The van der Waals surface area contributed by atoms with Crippen LogP contribution in [0.2, 0.25) is 0 Å². The molecule has 1 aliphatic carbocycles. The molecule has 1 aliphatic rings. The van der Waals surface area contributed by atoms with Gasteiger partial charge in [-0.3, -0.25) is 4.79 Å². The maximum absolute atomic E-state index is 11.7. The molecular weight excluding hydrogens is 352 g/mol. The molecule has 5 nitrogen and oxygen atoms in total. The van der Waals surface area contributed by atoms with Crippen molar-refractivity contribution in [1.29, 1.82) is 0 Å². The number of hydrogen-bond donors (Lipinski definition) is 0. The zero-order valence-corrected chi connectivity index (χ0v) is 11.3. The summed E-state index contributed by atoms with van der Waals surface area (Å²) in [4.78, 5) is 11.6. The fourth-order valence-corrected chi connectivity index (χ4v) is 3.25. The molecule has 82 valence electrons. The lowest BCUT2D eigenvalue weighted by Crippen LogP contribution is -2.32. The van der Waals surface area contributed by atoms with E-state index in [1.807, 2.05) is 0 Å². The highest BCUT2D eigenvalue weighted by atomic mass is 79.9. The van der Waals surface area contributed by atoms with Crippen LogP contribution < -0.4 is 5.56 Å². The first kappa shape index (κ1) is 11.3. The van der Waals surface area contributed by atoms with E-state index in [1.165, 1.54) is 6.20 Å². The Balaban J connectivity index is 2.64. The maximum Gasteiger partial charge on any atom is 0.296 e. The Morgan fingerprint density at radius 3 is 2.53 bits per heavy atom. The summed E-state index contributed by atoms with van der Waals surface area (Å²) in [7, 11) is -3.59. The van der Waals surface area contributed by atoms with E-state index < -0.39 is 20.8 Å². The van der Waals surface area contributed by atoms with Gasteiger partial charge in [-0.15, -0.1) is 4.09 Å². The lowest BCUT2D eigenvalue weighted by Gasteiger charge is -2.05. The molecule has 2 rings (SSSR count). The van der Waals surface area contributed by atoms with E-state index in [0.717, 1.165) is 0 Å². The highest BCUT2D eigenvalue weighted by Crippen LogP contribution is 2.29. The third kappa shape index (κ3) is 1.90. The Morgan fingerprint density at radius 2 is 2.00 bits per heavy atom. The molecule has 0 aliphatic heterocycles. The fraction of sp³-hybridized carbons (Fsp3) is 0.429. The Bertz CT molecular complexity index is 562. The van der Waals surface area contributed by atoms with E-state index in [2.05, 4.69) is 37.0 Å². The Kier molecular flexibility index (Phi) is 2.76. The second-order valence-corrected chi connectivity index (χ2v) is 6.89. The minimum absolute atomic E-state index is 0.168. The van der Waals surface area contributed by atoms with Crippen LogP contribution in [0.5, 0.6) is 0 Å². The van der Waals surface area contributed by atoms with Gasteiger partial charge in [0, 0.05) is 0 Å². The van der Waals surface area contributed by atoms with Crippen molar-refractivity contribution >= 4 is 41.9 Å². The van der Waals surface area contributed by atoms with Gasteiger partial charge in [0.25, 0.3) is 15.6 Å². The lowest BCUT2D eigenvalue weighted by atomic mass is 10.6. The third-order valence-corrected chi connectivity index (χ3v) is 5.99. The highest BCUT2D eigenvalue weighted by Gasteiger charge is 2.38. The van der Waals surface area contributed by atoms with Gasteiger partial charge in [-0.05, 0) is 44.7 Å². The molecule has 0 aromatic carbocycles. The summed E-state index contributed by atoms with van der Waals surface area (Å²) in [6.45, 7) is 0. The molecule has 0 unspecified atom stereocenters. The van der Waals surface area contributed by atoms with Gasteiger partial charge in [0.15, 0.2) is 0 Å². The zero-order valence-electron chi connectivity index (χ0n) is 7.35. The van der Waals surface area contributed by atoms with E-state index in [1.54, 1.807) is 0 Å². The summed E-state index contributed by atoms with van der Waals surface area (Å²) >= 11 is 6.09. The summed E-state index contributed by atoms with van der Waals surface area (Å²) in [5.74, 6) is 0. The van der Waals surface area contributed by atoms with Gasteiger partial charge < -0.3 is 0 Å². The van der Waals surface area contributed by atoms with Crippen molar-refractivity contribution in [3.8, 4) is 0 Å². The van der Waals surface area contributed by atoms with Crippen LogP contribution >= 0.6 is 31.9 Å². The minimum Gasteiger partial charge on any atom is -0.265 e. The predicted octanol–water partition coefficient (Wildman–Crippen LogP) is 1.11. The predicted molar refractivity (Wildman–Crippen MR) is 61.2 cm³/mol. The van der Waals surface area contributed by atoms with Gasteiger partial charge in [0.2, 0.25) is 0 Å². The van der Waals surface area contributed by atoms with Crippen LogP contribution in [0.15, 0.2) is 19.9 Å². The van der Waals surface area contributed by atoms with Crippen molar-refractivity contribution in [2.45, 2.75) is 18.1 Å². The number of halogens is 2. The summed E-state index contributed by atoms with van der Waals surface area (Å²) in [6, 6.07) is 0. The van der Waals surface area contributed by atoms with Crippen molar-refractivity contribution in [3.05, 3.63) is 25.5 Å². The van der Waals surface area contributed by atoms with Gasteiger partial charge in [0.05, 0.1) is 15.9 Å². The first-order chi connectivity index (χ1) is 6.94. The summed E-state index contributed by atoms with van der Waals surface area (Å²) < 4.78 is 24.6. The van der Waals surface area contributed by atoms with Crippen LogP contribution in [0, 0.1) is 0 Å². The van der Waals surface area contributed by atoms with Crippen LogP contribution in [0.3, 0.4) is 0 Å². The number of aromatic nitrogens is 2. The van der Waals surface area contributed by atoms with E-state index in [4.69, 9.17) is 0 Å². The molecule has 1 saturated carbocycles. The van der Waals surface area contributed by atoms with Crippen LogP contribution in [-0.2, 0) is 10.0 Å². The summed E-state index contributed by atoms with van der Waals surface area (Å²) in [5, 5.41) is 3.16. The monoisotopic (exact) mass is 356 g/mol. The molecule has 8 heteroatoms. The van der Waals surface area contributed by atoms with Gasteiger partial charge >= 0.3 is 0 Å². The van der Waals surface area contributed by atoms with Gasteiger partial charge in [-0.2, -0.15) is 5.10 Å². The highest BCUT2D eigenvalue weighted by molar-refractivity contribution is 9.13. The topological polar surface area (TPSA) is 69.0 Å². The summed E-state index contributed by atoms with van der Waals surface area (Å²) in [6.07, 6.45) is 2.49. The molecule has 0 radical (unpaired) electrons. The van der Waals surface area contributed by atoms with Gasteiger partial charge in [-0.1, -0.05) is 0 Å². The Morgan fingerprint density at radius 1 is 1.40 bits per heavy atom. The number of hydrogen-bond acceptors (Lipinski definition) is 4. The van der Waals surface area contributed by atoms with Crippen LogP contribution in [0.1, 0.15) is 12.8 Å². The van der Waals surface area contributed by atoms with E-state index in [0.29, 0.717) is 21.4 Å². The molecule has 1 heterocycles. The van der Waals surface area contributed by atoms with Crippen molar-refractivity contribution in [3.63, 3.8) is 0 Å². The SMILES string of the molecule is O=c1c(Br)c(Br)cnn1S(=O)(=O)C1CC1. The molecule has 0 atom stereocenters. The summed E-state index contributed by atoms with van der Waals surface area (Å²) in [5.41, 5.74) is -0.656. The third-order valence-electron chi connectivity index (χ3n) is 2.03. The second-order valence-electron chi connectivity index (χ2n) is 3.20. The zero-order chi connectivity index (χ0) is 11.2. The van der Waals surface area contributed by atoms with Gasteiger partial charge in [-0.25, -0.2) is 8.42 Å². The van der Waals surface area contributed by atoms with Crippen molar-refractivity contribution in [2.75, 3.05) is 0 Å². The Hall–Kier alpha value is -0.210. The minimum atomic E-state index is -3.59. The molecule has 0 spiro atoms. The quantitative estimate of drug-likeness (QED) is 0.795. The maximum atomic E-state index is 11.7. The first-order valence-electron chi connectivity index (χ1n) is 4.12. The molecule has 15 heavy (non-hydrogen) atoms. The van der Waals surface area contributed by atoms with E-state index in [-0.39, 0.29) is 4.47 Å². The lowest BCUT2D eigenvalue weighted by molar-refractivity contribution is 0.573. The largest absolute Gasteiger partial charge is 0.296 e. The first-order valence-corrected chi connectivity index (χ1v) is 7.21. The molecular formula is C7H6Br2N2O3S. The normalized spacial score (nSPS) is 16.7. The molecule has 0 amide bonds. The van der Waals surface area contributed by atoms with E-state index >= 15 is 0 Å². The molecule has 1 aromatic rings. The molecule has 1 aromatic heterocycles. The average Bonchev–Trinajstić information content (AvgIpc) is 2.97. The van der Waals surface area contributed by atoms with E-state index in [9.17, 15) is 13.2 Å². The second kappa shape index (κ2) is 3.67. The smallest absolute Gasteiger partial charge is 0.265 e. The van der Waals surface area contributed by atoms with Crippen molar-refractivity contribution < 1.29 is 8.42 Å². The van der Waals surface area contributed by atoms with Crippen LogP contribution in [0.4, 0.5) is 0 Å². The van der Waals surface area contributed by atoms with Crippen LogP contribution in [0.25, 0.3) is 0 Å². The molecule has 1 fully saturated rings. The average molecular weight is 358 g/mol.